The Hall–Kier alpha value is -4.57. The van der Waals surface area contributed by atoms with E-state index >= 15 is 0 Å². The van der Waals surface area contributed by atoms with Gasteiger partial charge < -0.3 is 9.84 Å². The minimum atomic E-state index is -0.510. The topological polar surface area (TPSA) is 124 Å². The Balaban J connectivity index is 1.43. The maximum Gasteiger partial charge on any atom is 0.350 e. The summed E-state index contributed by atoms with van der Waals surface area (Å²) in [6.45, 7) is 1.11. The predicted molar refractivity (Wildman–Crippen MR) is 128 cm³/mol. The third-order valence-electron chi connectivity index (χ3n) is 5.19. The van der Waals surface area contributed by atoms with E-state index in [-0.39, 0.29) is 23.9 Å². The highest BCUT2D eigenvalue weighted by atomic mass is 35.5. The minimum absolute atomic E-state index is 0.121. The lowest BCUT2D eigenvalue weighted by molar-refractivity contribution is -0.117. The fraction of sp³-hybridized carbons (Fsp3) is 0.0833. The van der Waals surface area contributed by atoms with E-state index in [0.717, 1.165) is 4.68 Å². The van der Waals surface area contributed by atoms with Gasteiger partial charge in [0.25, 0.3) is 5.89 Å². The van der Waals surface area contributed by atoms with Gasteiger partial charge in [-0.2, -0.15) is 4.98 Å². The van der Waals surface area contributed by atoms with Crippen molar-refractivity contribution in [3.8, 4) is 22.8 Å². The van der Waals surface area contributed by atoms with E-state index < -0.39 is 11.6 Å². The second kappa shape index (κ2) is 8.99. The SMILES string of the molecule is CC(=O)c1cccc(NC(=O)Cn2nc3c(-c4nc(-c5cccc(Cl)c5)no4)cccn3c2=O)c1. The molecule has 0 fully saturated rings. The number of ketones is 1. The third kappa shape index (κ3) is 4.46. The largest absolute Gasteiger partial charge is 0.350 e. The van der Waals surface area contributed by atoms with Gasteiger partial charge in [-0.05, 0) is 43.3 Å². The van der Waals surface area contributed by atoms with Crippen LogP contribution in [0.1, 0.15) is 17.3 Å². The maximum atomic E-state index is 12.9. The Morgan fingerprint density at radius 3 is 2.71 bits per heavy atom. The minimum Gasteiger partial charge on any atom is -0.333 e. The van der Waals surface area contributed by atoms with Crippen LogP contribution in [-0.2, 0) is 11.3 Å². The highest BCUT2D eigenvalue weighted by molar-refractivity contribution is 6.30. The lowest BCUT2D eigenvalue weighted by atomic mass is 10.1. The van der Waals surface area contributed by atoms with Crippen molar-refractivity contribution >= 4 is 34.6 Å². The Morgan fingerprint density at radius 2 is 1.91 bits per heavy atom. The average Bonchev–Trinajstić information content (AvgIpc) is 3.45. The van der Waals surface area contributed by atoms with Crippen molar-refractivity contribution in [3.05, 3.63) is 87.9 Å². The number of benzene rings is 2. The first-order valence-corrected chi connectivity index (χ1v) is 10.9. The first kappa shape index (κ1) is 22.2. The second-order valence-electron chi connectivity index (χ2n) is 7.67. The molecule has 11 heteroatoms. The quantitative estimate of drug-likeness (QED) is 0.361. The van der Waals surface area contributed by atoms with Gasteiger partial charge in [-0.25, -0.2) is 13.9 Å². The number of amides is 1. The summed E-state index contributed by atoms with van der Waals surface area (Å²) in [6.07, 6.45) is 1.53. The lowest BCUT2D eigenvalue weighted by Gasteiger charge is -2.05. The van der Waals surface area contributed by atoms with Gasteiger partial charge in [0.1, 0.15) is 6.54 Å². The number of halogens is 1. The van der Waals surface area contributed by atoms with Crippen LogP contribution in [0.15, 0.2) is 76.2 Å². The van der Waals surface area contributed by atoms with Crippen LogP contribution in [0.2, 0.25) is 5.02 Å². The molecule has 1 N–H and O–H groups in total. The fourth-order valence-corrected chi connectivity index (χ4v) is 3.73. The van der Waals surface area contributed by atoms with E-state index in [4.69, 9.17) is 16.1 Å². The molecule has 35 heavy (non-hydrogen) atoms. The Morgan fingerprint density at radius 1 is 1.09 bits per heavy atom. The normalized spacial score (nSPS) is 11.0. The number of fused-ring (bicyclic) bond motifs is 1. The molecule has 3 heterocycles. The number of hydrogen-bond acceptors (Lipinski definition) is 7. The standard InChI is InChI=1S/C24H17ClN6O4/c1-14(32)15-5-3-8-18(12-15)26-20(33)13-31-24(34)30-10-4-9-19(22(30)28-31)23-27-21(29-35-23)16-6-2-7-17(25)11-16/h2-12H,13H2,1H3,(H,26,33). The van der Waals surface area contributed by atoms with Crippen LogP contribution in [0.25, 0.3) is 28.5 Å². The number of hydrogen-bond donors (Lipinski definition) is 1. The summed E-state index contributed by atoms with van der Waals surface area (Å²) in [5.41, 5.74) is 1.76. The second-order valence-corrected chi connectivity index (χ2v) is 8.11. The number of nitrogens with one attached hydrogen (secondary N) is 1. The number of carbonyl (C=O) groups is 2. The molecule has 174 valence electrons. The van der Waals surface area contributed by atoms with Gasteiger partial charge in [0, 0.05) is 28.0 Å². The van der Waals surface area contributed by atoms with Crippen LogP contribution in [0.4, 0.5) is 5.69 Å². The monoisotopic (exact) mass is 488 g/mol. The van der Waals surface area contributed by atoms with Crippen molar-refractivity contribution in [2.24, 2.45) is 0 Å². The molecule has 0 saturated heterocycles. The van der Waals surface area contributed by atoms with Crippen LogP contribution in [0.5, 0.6) is 0 Å². The van der Waals surface area contributed by atoms with Gasteiger partial charge in [-0.1, -0.05) is 41.0 Å². The molecule has 1 amide bonds. The summed E-state index contributed by atoms with van der Waals surface area (Å²) >= 11 is 6.05. The number of Topliss-reactive ketones (excluding diaryl/α,β-unsaturated/α-hetero) is 1. The van der Waals surface area contributed by atoms with E-state index in [0.29, 0.717) is 33.2 Å². The molecule has 0 atom stereocenters. The highest BCUT2D eigenvalue weighted by Gasteiger charge is 2.19. The molecule has 0 aliphatic heterocycles. The zero-order valence-corrected chi connectivity index (χ0v) is 19.1. The van der Waals surface area contributed by atoms with Crippen LogP contribution in [0.3, 0.4) is 0 Å². The Bertz CT molecular complexity index is 1650. The number of anilines is 1. The molecule has 2 aromatic carbocycles. The van der Waals surface area contributed by atoms with E-state index in [2.05, 4.69) is 20.6 Å². The first-order valence-electron chi connectivity index (χ1n) is 10.5. The van der Waals surface area contributed by atoms with Crippen molar-refractivity contribution in [3.63, 3.8) is 0 Å². The van der Waals surface area contributed by atoms with Gasteiger partial charge in [0.2, 0.25) is 11.7 Å². The molecule has 0 bridgehead atoms. The summed E-state index contributed by atoms with van der Waals surface area (Å²) in [4.78, 5) is 41.4. The number of rotatable bonds is 6. The summed E-state index contributed by atoms with van der Waals surface area (Å²) in [6, 6.07) is 16.9. The van der Waals surface area contributed by atoms with Gasteiger partial charge in [0.15, 0.2) is 11.4 Å². The number of aromatic nitrogens is 5. The Labute approximate surface area is 202 Å². The molecule has 3 aromatic heterocycles. The Kier molecular flexibility index (Phi) is 5.71. The molecule has 0 spiro atoms. The van der Waals surface area contributed by atoms with Crippen molar-refractivity contribution in [1.29, 1.82) is 0 Å². The van der Waals surface area contributed by atoms with E-state index in [1.807, 2.05) is 0 Å². The zero-order chi connectivity index (χ0) is 24.5. The summed E-state index contributed by atoms with van der Waals surface area (Å²) < 4.78 is 7.75. The lowest BCUT2D eigenvalue weighted by Crippen LogP contribution is -2.28. The van der Waals surface area contributed by atoms with Crippen molar-refractivity contribution < 1.29 is 14.1 Å². The highest BCUT2D eigenvalue weighted by Crippen LogP contribution is 2.25. The molecule has 0 aliphatic rings. The number of carbonyl (C=O) groups excluding carboxylic acids is 2. The summed E-state index contributed by atoms with van der Waals surface area (Å²) in [5.74, 6) is -0.102. The van der Waals surface area contributed by atoms with E-state index in [1.54, 1.807) is 60.7 Å². The number of pyridine rings is 1. The summed E-state index contributed by atoms with van der Waals surface area (Å²) in [7, 11) is 0. The van der Waals surface area contributed by atoms with Crippen LogP contribution in [-0.4, -0.2) is 36.0 Å². The van der Waals surface area contributed by atoms with Crippen molar-refractivity contribution in [2.45, 2.75) is 13.5 Å². The van der Waals surface area contributed by atoms with Crippen molar-refractivity contribution in [2.75, 3.05) is 5.32 Å². The molecular formula is C24H17ClN6O4. The fourth-order valence-electron chi connectivity index (χ4n) is 3.54. The molecule has 0 radical (unpaired) electrons. The molecule has 5 rings (SSSR count). The summed E-state index contributed by atoms with van der Waals surface area (Å²) in [5, 5.41) is 11.5. The molecule has 0 unspecified atom stereocenters. The van der Waals surface area contributed by atoms with E-state index in [9.17, 15) is 14.4 Å². The van der Waals surface area contributed by atoms with Crippen molar-refractivity contribution in [1.82, 2.24) is 24.3 Å². The number of nitrogens with zero attached hydrogens (tertiary/aromatic N) is 5. The van der Waals surface area contributed by atoms with Gasteiger partial charge in [0.05, 0.1) is 5.56 Å². The zero-order valence-electron chi connectivity index (χ0n) is 18.3. The molecular weight excluding hydrogens is 472 g/mol. The average molecular weight is 489 g/mol. The van der Waals surface area contributed by atoms with Gasteiger partial charge >= 0.3 is 5.69 Å². The molecule has 5 aromatic rings. The van der Waals surface area contributed by atoms with Crippen LogP contribution >= 0.6 is 11.6 Å². The molecule has 10 nitrogen and oxygen atoms in total. The van der Waals surface area contributed by atoms with Gasteiger partial charge in [-0.15, -0.1) is 5.10 Å². The molecule has 0 saturated carbocycles. The molecule has 0 aliphatic carbocycles. The first-order chi connectivity index (χ1) is 16.9. The third-order valence-corrected chi connectivity index (χ3v) is 5.43. The van der Waals surface area contributed by atoms with Crippen LogP contribution < -0.4 is 11.0 Å². The van der Waals surface area contributed by atoms with E-state index in [1.165, 1.54) is 17.5 Å². The maximum absolute atomic E-state index is 12.9. The predicted octanol–water partition coefficient (Wildman–Crippen LogP) is 3.71. The van der Waals surface area contributed by atoms with Crippen LogP contribution in [0, 0.1) is 0 Å². The smallest absolute Gasteiger partial charge is 0.333 e. The van der Waals surface area contributed by atoms with Gasteiger partial charge in [-0.3, -0.25) is 9.59 Å².